The van der Waals surface area contributed by atoms with E-state index >= 15 is 0 Å². The standard InChI is InChI=1S/C60H38N2S/c1-3-16-48-40(12-1)24-25-43-36-44(29-33-49(43)48)50-17-5-8-21-56(50)61(47-32-35-54-55-34-28-41-13-2-4-18-51(41)60(55)63-59(54)38-47)45-30-26-39(27-31-45)42-14-11-15-46(37-42)62-57-22-9-6-19-52(57)53-20-7-10-23-58(53)62/h1-38H. The van der Waals surface area contributed by atoms with Crippen molar-refractivity contribution in [3.8, 4) is 27.9 Å². The maximum Gasteiger partial charge on any atom is 0.0541 e. The maximum absolute atomic E-state index is 2.44. The minimum atomic E-state index is 1.10. The fraction of sp³-hybridized carbons (Fsp3) is 0. The number of aromatic nitrogens is 1. The third-order valence-corrected chi connectivity index (χ3v) is 14.2. The van der Waals surface area contributed by atoms with E-state index in [-0.39, 0.29) is 0 Å². The lowest BCUT2D eigenvalue weighted by molar-refractivity contribution is 1.18. The average molecular weight is 819 g/mol. The van der Waals surface area contributed by atoms with Crippen LogP contribution < -0.4 is 4.90 Å². The van der Waals surface area contributed by atoms with Gasteiger partial charge in [0.25, 0.3) is 0 Å². The van der Waals surface area contributed by atoms with Crippen LogP contribution in [0.1, 0.15) is 0 Å². The van der Waals surface area contributed by atoms with Gasteiger partial charge in [-0.15, -0.1) is 11.3 Å². The molecule has 0 saturated heterocycles. The van der Waals surface area contributed by atoms with Crippen molar-refractivity contribution in [2.45, 2.75) is 0 Å². The number of hydrogen-bond acceptors (Lipinski definition) is 2. The van der Waals surface area contributed by atoms with Crippen molar-refractivity contribution in [2.24, 2.45) is 0 Å². The molecule has 0 aliphatic carbocycles. The highest BCUT2D eigenvalue weighted by molar-refractivity contribution is 7.26. The smallest absolute Gasteiger partial charge is 0.0541 e. The predicted molar refractivity (Wildman–Crippen MR) is 272 cm³/mol. The summed E-state index contributed by atoms with van der Waals surface area (Å²) in [5.41, 5.74) is 11.6. The Morgan fingerprint density at radius 2 is 0.921 bits per heavy atom. The molecular formula is C60H38N2S. The molecule has 0 aliphatic rings. The SMILES string of the molecule is c1cc(-c2ccc(N(c3ccc4c(c3)sc3c5ccccc5ccc43)c3ccccc3-c3ccc4c(ccc5ccccc54)c3)cc2)cc(-n2c3ccccc3c3ccccc32)c1. The number of nitrogens with zero attached hydrogens (tertiary/aromatic N) is 2. The zero-order chi connectivity index (χ0) is 41.4. The molecule has 2 heterocycles. The van der Waals surface area contributed by atoms with E-state index in [2.05, 4.69) is 240 Å². The Hall–Kier alpha value is -7.98. The van der Waals surface area contributed by atoms with Gasteiger partial charge in [-0.1, -0.05) is 170 Å². The second-order valence-electron chi connectivity index (χ2n) is 16.5. The number of benzene rings is 11. The van der Waals surface area contributed by atoms with Gasteiger partial charge in [-0.3, -0.25) is 0 Å². The normalized spacial score (nSPS) is 11.8. The quantitative estimate of drug-likeness (QED) is 0.152. The van der Waals surface area contributed by atoms with Crippen LogP contribution in [0.3, 0.4) is 0 Å². The molecule has 0 spiro atoms. The van der Waals surface area contributed by atoms with Crippen LogP contribution in [0.5, 0.6) is 0 Å². The van der Waals surface area contributed by atoms with Crippen molar-refractivity contribution in [3.63, 3.8) is 0 Å². The molecule has 0 fully saturated rings. The van der Waals surface area contributed by atoms with Crippen LogP contribution in [0, 0.1) is 0 Å². The van der Waals surface area contributed by atoms with E-state index in [1.807, 2.05) is 11.3 Å². The number of hydrogen-bond donors (Lipinski definition) is 0. The summed E-state index contributed by atoms with van der Waals surface area (Å²) in [6.07, 6.45) is 0. The summed E-state index contributed by atoms with van der Waals surface area (Å²) in [6.45, 7) is 0. The van der Waals surface area contributed by atoms with Crippen molar-refractivity contribution in [3.05, 3.63) is 231 Å². The minimum Gasteiger partial charge on any atom is -0.310 e. The molecule has 0 radical (unpaired) electrons. The van der Waals surface area contributed by atoms with Crippen LogP contribution in [0.15, 0.2) is 231 Å². The summed E-state index contributed by atoms with van der Waals surface area (Å²) in [5, 5.41) is 12.8. The van der Waals surface area contributed by atoms with Gasteiger partial charge in [-0.05, 0) is 110 Å². The Labute approximate surface area is 368 Å². The Bertz CT molecular complexity index is 3870. The Kier molecular flexibility index (Phi) is 8.12. The molecule has 2 aromatic heterocycles. The number of anilines is 3. The summed E-state index contributed by atoms with van der Waals surface area (Å²) < 4.78 is 5.00. The van der Waals surface area contributed by atoms with E-state index in [4.69, 9.17) is 0 Å². The first kappa shape index (κ1) is 35.7. The average Bonchev–Trinajstić information content (AvgIpc) is 3.90. The number of thiophene rings is 1. The first-order chi connectivity index (χ1) is 31.2. The van der Waals surface area contributed by atoms with Crippen molar-refractivity contribution in [1.29, 1.82) is 0 Å². The fourth-order valence-electron chi connectivity index (χ4n) is 9.98. The lowest BCUT2D eigenvalue weighted by Crippen LogP contribution is -2.11. The Morgan fingerprint density at radius 1 is 0.333 bits per heavy atom. The molecule has 0 saturated carbocycles. The molecule has 0 aliphatic heterocycles. The van der Waals surface area contributed by atoms with Crippen LogP contribution >= 0.6 is 11.3 Å². The molecule has 63 heavy (non-hydrogen) atoms. The van der Waals surface area contributed by atoms with Crippen molar-refractivity contribution >= 4 is 103 Å². The molecule has 0 unspecified atom stereocenters. The maximum atomic E-state index is 2.44. The van der Waals surface area contributed by atoms with Gasteiger partial charge in [-0.2, -0.15) is 0 Å². The lowest BCUT2D eigenvalue weighted by Gasteiger charge is -2.28. The summed E-state index contributed by atoms with van der Waals surface area (Å²) in [4.78, 5) is 2.44. The second kappa shape index (κ2) is 14.3. The van der Waals surface area contributed by atoms with E-state index in [1.54, 1.807) is 0 Å². The third kappa shape index (κ3) is 5.78. The molecule has 11 aromatic carbocycles. The highest BCUT2D eigenvalue weighted by atomic mass is 32.1. The zero-order valence-corrected chi connectivity index (χ0v) is 35.1. The molecule has 2 nitrogen and oxygen atoms in total. The molecule has 0 atom stereocenters. The highest BCUT2D eigenvalue weighted by Crippen LogP contribution is 2.46. The molecule has 294 valence electrons. The number of fused-ring (bicyclic) bond motifs is 11. The van der Waals surface area contributed by atoms with E-state index in [0.717, 1.165) is 22.7 Å². The van der Waals surface area contributed by atoms with Gasteiger partial charge in [0.1, 0.15) is 0 Å². The van der Waals surface area contributed by atoms with Crippen molar-refractivity contribution < 1.29 is 0 Å². The van der Waals surface area contributed by atoms with Gasteiger partial charge in [0, 0.05) is 53.6 Å². The van der Waals surface area contributed by atoms with E-state index < -0.39 is 0 Å². The van der Waals surface area contributed by atoms with Gasteiger partial charge in [-0.25, -0.2) is 0 Å². The van der Waals surface area contributed by atoms with Crippen LogP contribution in [-0.4, -0.2) is 4.57 Å². The minimum absolute atomic E-state index is 1.10. The van der Waals surface area contributed by atoms with Gasteiger partial charge >= 0.3 is 0 Å². The lowest BCUT2D eigenvalue weighted by atomic mass is 9.96. The van der Waals surface area contributed by atoms with E-state index in [9.17, 15) is 0 Å². The van der Waals surface area contributed by atoms with Gasteiger partial charge < -0.3 is 9.47 Å². The molecule has 0 N–H and O–H groups in total. The van der Waals surface area contributed by atoms with Crippen molar-refractivity contribution in [2.75, 3.05) is 4.90 Å². The highest BCUT2D eigenvalue weighted by Gasteiger charge is 2.20. The predicted octanol–water partition coefficient (Wildman–Crippen LogP) is 17.4. The number of rotatable bonds is 6. The molecular weight excluding hydrogens is 781 g/mol. The molecule has 0 bridgehead atoms. The summed E-state index contributed by atoms with van der Waals surface area (Å²) in [5.74, 6) is 0. The summed E-state index contributed by atoms with van der Waals surface area (Å²) in [7, 11) is 0. The van der Waals surface area contributed by atoms with E-state index in [1.165, 1.54) is 96.5 Å². The number of para-hydroxylation sites is 3. The molecule has 0 amide bonds. The summed E-state index contributed by atoms with van der Waals surface area (Å²) >= 11 is 1.89. The Morgan fingerprint density at radius 3 is 1.73 bits per heavy atom. The summed E-state index contributed by atoms with van der Waals surface area (Å²) in [6, 6.07) is 84.8. The van der Waals surface area contributed by atoms with Gasteiger partial charge in [0.05, 0.1) is 16.7 Å². The third-order valence-electron chi connectivity index (χ3n) is 12.9. The zero-order valence-electron chi connectivity index (χ0n) is 34.2. The van der Waals surface area contributed by atoms with Gasteiger partial charge in [0.2, 0.25) is 0 Å². The van der Waals surface area contributed by atoms with Crippen LogP contribution in [0.2, 0.25) is 0 Å². The monoisotopic (exact) mass is 818 g/mol. The van der Waals surface area contributed by atoms with Crippen molar-refractivity contribution in [1.82, 2.24) is 4.57 Å². The van der Waals surface area contributed by atoms with E-state index in [0.29, 0.717) is 0 Å². The topological polar surface area (TPSA) is 8.17 Å². The van der Waals surface area contributed by atoms with Crippen LogP contribution in [0.4, 0.5) is 17.1 Å². The van der Waals surface area contributed by atoms with Crippen LogP contribution in [0.25, 0.3) is 102 Å². The second-order valence-corrected chi connectivity index (χ2v) is 17.5. The first-order valence-electron chi connectivity index (χ1n) is 21.6. The largest absolute Gasteiger partial charge is 0.310 e. The van der Waals surface area contributed by atoms with Crippen LogP contribution in [-0.2, 0) is 0 Å². The fourth-order valence-corrected chi connectivity index (χ4v) is 11.3. The molecule has 13 aromatic rings. The Balaban J connectivity index is 0.959. The molecule has 3 heteroatoms. The first-order valence-corrected chi connectivity index (χ1v) is 22.4. The van der Waals surface area contributed by atoms with Gasteiger partial charge in [0.15, 0.2) is 0 Å². The molecule has 13 rings (SSSR count).